The molecule has 0 saturated carbocycles. The number of nitrogens with two attached hydrogens (primary N) is 1. The predicted octanol–water partition coefficient (Wildman–Crippen LogP) is 1.37. The number of esters is 1. The zero-order chi connectivity index (χ0) is 10.1. The molecule has 0 aliphatic carbocycles. The van der Waals surface area contributed by atoms with Crippen molar-refractivity contribution in [2.24, 2.45) is 5.73 Å². The van der Waals surface area contributed by atoms with Gasteiger partial charge in [0.05, 0.1) is 0 Å². The van der Waals surface area contributed by atoms with Crippen molar-refractivity contribution >= 4 is 17.1 Å². The first-order valence-electron chi connectivity index (χ1n) is 4.41. The first-order valence-corrected chi connectivity index (χ1v) is 4.41. The van der Waals surface area contributed by atoms with Crippen molar-refractivity contribution < 1.29 is 13.9 Å². The summed E-state index contributed by atoms with van der Waals surface area (Å²) < 4.78 is 10.2. The Morgan fingerprint density at radius 3 is 2.93 bits per heavy atom. The second-order valence-electron chi connectivity index (χ2n) is 3.34. The van der Waals surface area contributed by atoms with Gasteiger partial charge in [0.2, 0.25) is 0 Å². The highest BCUT2D eigenvalue weighted by molar-refractivity contribution is 5.99. The van der Waals surface area contributed by atoms with Gasteiger partial charge in [0, 0.05) is 6.04 Å². The molecule has 0 radical (unpaired) electrons. The number of fused-ring (bicyclic) bond motifs is 2. The van der Waals surface area contributed by atoms with Crippen molar-refractivity contribution in [2.75, 3.05) is 6.61 Å². The molecule has 0 saturated heterocycles. The molecule has 0 amide bonds. The predicted molar refractivity (Wildman–Crippen MR) is 51.3 cm³/mol. The van der Waals surface area contributed by atoms with Gasteiger partial charge in [-0.15, -0.1) is 0 Å². The van der Waals surface area contributed by atoms with Crippen LogP contribution in [0.15, 0.2) is 22.6 Å². The molecule has 2 aromatic rings. The topological polar surface area (TPSA) is 65.5 Å². The lowest BCUT2D eigenvalue weighted by atomic mass is 10.2. The fourth-order valence-corrected chi connectivity index (χ4v) is 1.23. The number of carbonyl (C=O) groups excluding carboxylic acids is 1. The summed E-state index contributed by atoms with van der Waals surface area (Å²) in [6.07, 6.45) is 0. The van der Waals surface area contributed by atoms with Crippen molar-refractivity contribution in [1.82, 2.24) is 0 Å². The summed E-state index contributed by atoms with van der Waals surface area (Å²) >= 11 is 0. The highest BCUT2D eigenvalue weighted by Gasteiger charge is 2.16. The number of ether oxygens (including phenoxy) is 1. The summed E-state index contributed by atoms with van der Waals surface area (Å²) in [6, 6.07) is 5.07. The average Bonchev–Trinajstić information content (AvgIpc) is 2.74. The Labute approximate surface area is 81.0 Å². The van der Waals surface area contributed by atoms with E-state index in [1.165, 1.54) is 0 Å². The summed E-state index contributed by atoms with van der Waals surface area (Å²) in [6.45, 7) is 2.00. The van der Waals surface area contributed by atoms with Gasteiger partial charge in [0.15, 0.2) is 0 Å². The maximum atomic E-state index is 11.4. The summed E-state index contributed by atoms with van der Waals surface area (Å²) in [5.41, 5.74) is 7.19. The minimum atomic E-state index is -0.378. The Bertz CT molecular complexity index is 432. The van der Waals surface area contributed by atoms with Crippen LogP contribution in [0.5, 0.6) is 0 Å². The molecule has 1 atom stereocenters. The Balaban J connectivity index is 2.08. The Kier molecular flexibility index (Phi) is 2.13. The molecule has 0 fully saturated rings. The van der Waals surface area contributed by atoms with Crippen LogP contribution >= 0.6 is 0 Å². The van der Waals surface area contributed by atoms with Gasteiger partial charge in [-0.3, -0.25) is 0 Å². The summed E-state index contributed by atoms with van der Waals surface area (Å²) in [4.78, 5) is 11.4. The molecule has 4 nitrogen and oxygen atoms in total. The fraction of sp³-hybridized carbons (Fsp3) is 0.300. The molecule has 2 heterocycles. The number of hydrogen-bond acceptors (Lipinski definition) is 4. The van der Waals surface area contributed by atoms with E-state index in [0.717, 1.165) is 0 Å². The number of benzene rings is 1. The molecular formula is C10H11NO3. The second-order valence-corrected chi connectivity index (χ2v) is 3.34. The second kappa shape index (κ2) is 3.31. The van der Waals surface area contributed by atoms with Gasteiger partial charge in [0.1, 0.15) is 23.3 Å². The van der Waals surface area contributed by atoms with Gasteiger partial charge in [-0.1, -0.05) is 0 Å². The maximum absolute atomic E-state index is 11.4. The van der Waals surface area contributed by atoms with Crippen LogP contribution in [0.1, 0.15) is 17.3 Å². The van der Waals surface area contributed by atoms with Crippen molar-refractivity contribution in [3.05, 3.63) is 23.8 Å². The maximum Gasteiger partial charge on any atom is 0.342 e. The molecule has 0 aliphatic rings. The Morgan fingerprint density at radius 1 is 1.64 bits per heavy atom. The lowest BCUT2D eigenvalue weighted by Gasteiger charge is -2.05. The molecule has 2 rings (SSSR count). The first-order chi connectivity index (χ1) is 6.66. The molecule has 2 N–H and O–H groups in total. The minimum Gasteiger partial charge on any atom is -0.460 e. The van der Waals surface area contributed by atoms with Crippen molar-refractivity contribution in [3.63, 3.8) is 0 Å². The molecule has 0 aliphatic heterocycles. The van der Waals surface area contributed by atoms with Gasteiger partial charge in [-0.2, -0.15) is 0 Å². The monoisotopic (exact) mass is 193 g/mol. The van der Waals surface area contributed by atoms with Gasteiger partial charge in [-0.25, -0.2) is 4.79 Å². The van der Waals surface area contributed by atoms with Crippen molar-refractivity contribution in [2.45, 2.75) is 13.0 Å². The number of furan rings is 2. The molecule has 4 heteroatoms. The van der Waals surface area contributed by atoms with Gasteiger partial charge in [0.25, 0.3) is 0 Å². The summed E-state index contributed by atoms with van der Waals surface area (Å²) in [7, 11) is 0. The van der Waals surface area contributed by atoms with E-state index in [4.69, 9.17) is 14.9 Å². The molecule has 1 unspecified atom stereocenters. The highest BCUT2D eigenvalue weighted by Crippen LogP contribution is 2.22. The third-order valence-corrected chi connectivity index (χ3v) is 1.88. The van der Waals surface area contributed by atoms with Crippen LogP contribution in [0.3, 0.4) is 0 Å². The molecule has 0 spiro atoms. The van der Waals surface area contributed by atoms with E-state index in [-0.39, 0.29) is 18.6 Å². The van der Waals surface area contributed by atoms with E-state index < -0.39 is 0 Å². The van der Waals surface area contributed by atoms with Crippen LogP contribution < -0.4 is 5.73 Å². The molecule has 2 bridgehead atoms. The zero-order valence-electron chi connectivity index (χ0n) is 7.82. The van der Waals surface area contributed by atoms with Crippen LogP contribution in [0, 0.1) is 0 Å². The molecule has 2 aromatic heterocycles. The van der Waals surface area contributed by atoms with Gasteiger partial charge >= 0.3 is 5.97 Å². The molecule has 74 valence electrons. The molecule has 14 heavy (non-hydrogen) atoms. The highest BCUT2D eigenvalue weighted by atomic mass is 16.5. The van der Waals surface area contributed by atoms with E-state index in [0.29, 0.717) is 16.7 Å². The smallest absolute Gasteiger partial charge is 0.342 e. The van der Waals surface area contributed by atoms with E-state index in [1.807, 2.05) is 0 Å². The molecule has 0 aromatic carbocycles. The van der Waals surface area contributed by atoms with E-state index in [9.17, 15) is 4.79 Å². The van der Waals surface area contributed by atoms with Crippen molar-refractivity contribution in [3.8, 4) is 0 Å². The van der Waals surface area contributed by atoms with Crippen LogP contribution in [0.2, 0.25) is 0 Å². The first kappa shape index (κ1) is 9.02. The summed E-state index contributed by atoms with van der Waals surface area (Å²) in [5.74, 6) is -0.378. The van der Waals surface area contributed by atoms with Crippen LogP contribution in [-0.4, -0.2) is 18.6 Å². The average molecular weight is 193 g/mol. The van der Waals surface area contributed by atoms with Crippen LogP contribution in [0.4, 0.5) is 0 Å². The molecular weight excluding hydrogens is 182 g/mol. The van der Waals surface area contributed by atoms with E-state index in [1.54, 1.807) is 25.1 Å². The number of rotatable bonds is 3. The zero-order valence-corrected chi connectivity index (χ0v) is 7.82. The third-order valence-electron chi connectivity index (χ3n) is 1.88. The quantitative estimate of drug-likeness (QED) is 0.748. The van der Waals surface area contributed by atoms with Crippen LogP contribution in [-0.2, 0) is 4.74 Å². The third kappa shape index (κ3) is 1.56. The normalized spacial score (nSPS) is 13.3. The lowest BCUT2D eigenvalue weighted by Crippen LogP contribution is -2.23. The summed E-state index contributed by atoms with van der Waals surface area (Å²) in [5, 5.41) is 0. The number of hydrogen-bond donors (Lipinski definition) is 1. The Morgan fingerprint density at radius 2 is 2.43 bits per heavy atom. The minimum absolute atomic E-state index is 0.146. The van der Waals surface area contributed by atoms with E-state index >= 15 is 0 Å². The van der Waals surface area contributed by atoms with Crippen molar-refractivity contribution in [1.29, 1.82) is 0 Å². The van der Waals surface area contributed by atoms with Gasteiger partial charge < -0.3 is 14.9 Å². The Hall–Kier alpha value is -1.55. The number of carbonyl (C=O) groups is 1. The SMILES string of the molecule is CC(N)COC(=O)c1cc2ccc1o2. The standard InChI is InChI=1S/C10H11NO3/c1-6(11)5-13-10(12)8-4-7-2-3-9(8)14-7/h2-4,6H,5,11H2,1H3. The largest absolute Gasteiger partial charge is 0.460 e. The van der Waals surface area contributed by atoms with E-state index in [2.05, 4.69) is 0 Å². The lowest BCUT2D eigenvalue weighted by molar-refractivity contribution is 0.0489. The van der Waals surface area contributed by atoms with Crippen LogP contribution in [0.25, 0.3) is 11.2 Å². The van der Waals surface area contributed by atoms with Gasteiger partial charge in [-0.05, 0) is 25.1 Å². The fourth-order valence-electron chi connectivity index (χ4n) is 1.23.